The Morgan fingerprint density at radius 3 is 2.28 bits per heavy atom. The summed E-state index contributed by atoms with van der Waals surface area (Å²) in [5.41, 5.74) is 5.08. The molecule has 0 spiro atoms. The lowest BCUT2D eigenvalue weighted by atomic mass is 9.96. The third kappa shape index (κ3) is 5.40. The van der Waals surface area contributed by atoms with Crippen molar-refractivity contribution in [2.45, 2.75) is 77.3 Å². The Morgan fingerprint density at radius 2 is 1.60 bits per heavy atom. The fourth-order valence-corrected chi connectivity index (χ4v) is 3.72. The second-order valence-corrected chi connectivity index (χ2v) is 7.74. The van der Waals surface area contributed by atoms with Crippen LogP contribution in [0, 0.1) is 0 Å². The van der Waals surface area contributed by atoms with E-state index in [0.717, 1.165) is 12.2 Å². The van der Waals surface area contributed by atoms with Gasteiger partial charge < -0.3 is 5.32 Å². The van der Waals surface area contributed by atoms with Crippen molar-refractivity contribution in [1.29, 1.82) is 0 Å². The van der Waals surface area contributed by atoms with E-state index in [0.29, 0.717) is 12.0 Å². The third-order valence-corrected chi connectivity index (χ3v) is 5.40. The van der Waals surface area contributed by atoms with Gasteiger partial charge in [0.25, 0.3) is 0 Å². The summed E-state index contributed by atoms with van der Waals surface area (Å²) in [6.45, 7) is 5.35. The van der Waals surface area contributed by atoms with Gasteiger partial charge in [-0.25, -0.2) is 0 Å². The van der Waals surface area contributed by atoms with Gasteiger partial charge in [0.15, 0.2) is 0 Å². The van der Waals surface area contributed by atoms with E-state index in [1.807, 2.05) is 6.20 Å². The summed E-state index contributed by atoms with van der Waals surface area (Å²) < 4.78 is 0. The van der Waals surface area contributed by atoms with Gasteiger partial charge in [-0.05, 0) is 47.6 Å². The maximum atomic E-state index is 4.57. The van der Waals surface area contributed by atoms with E-state index in [1.54, 1.807) is 0 Å². The van der Waals surface area contributed by atoms with Gasteiger partial charge in [0.2, 0.25) is 0 Å². The maximum absolute atomic E-state index is 4.57. The Kier molecular flexibility index (Phi) is 6.63. The molecule has 2 nitrogen and oxygen atoms in total. The molecule has 1 saturated carbocycles. The molecule has 2 aromatic rings. The molecule has 1 N–H and O–H groups in total. The van der Waals surface area contributed by atoms with E-state index in [9.17, 15) is 0 Å². The summed E-state index contributed by atoms with van der Waals surface area (Å²) >= 11 is 0. The fourth-order valence-electron chi connectivity index (χ4n) is 3.72. The molecule has 1 heterocycles. The predicted molar refractivity (Wildman–Crippen MR) is 107 cm³/mol. The first-order valence-corrected chi connectivity index (χ1v) is 10.0. The maximum Gasteiger partial charge on any atom is 0.0547 e. The SMILES string of the molecule is CC(C)c1ccc(-c2ccnc(CNC3CCCCCCC3)c2)cc1. The Hall–Kier alpha value is -1.67. The second-order valence-electron chi connectivity index (χ2n) is 7.74. The zero-order chi connectivity index (χ0) is 17.5. The van der Waals surface area contributed by atoms with Crippen molar-refractivity contribution >= 4 is 0 Å². The number of hydrogen-bond donors (Lipinski definition) is 1. The zero-order valence-electron chi connectivity index (χ0n) is 15.8. The largest absolute Gasteiger partial charge is 0.308 e. The molecular formula is C23H32N2. The molecule has 134 valence electrons. The van der Waals surface area contributed by atoms with Crippen LogP contribution in [0.2, 0.25) is 0 Å². The summed E-state index contributed by atoms with van der Waals surface area (Å²) in [5.74, 6) is 0.579. The van der Waals surface area contributed by atoms with Crippen LogP contribution < -0.4 is 5.32 Å². The van der Waals surface area contributed by atoms with Crippen LogP contribution in [0.1, 0.15) is 76.0 Å². The summed E-state index contributed by atoms with van der Waals surface area (Å²) in [6, 6.07) is 14.0. The van der Waals surface area contributed by atoms with E-state index in [-0.39, 0.29) is 0 Å². The molecule has 0 radical (unpaired) electrons. The van der Waals surface area contributed by atoms with E-state index >= 15 is 0 Å². The molecule has 25 heavy (non-hydrogen) atoms. The Labute approximate surface area is 153 Å². The van der Waals surface area contributed by atoms with Gasteiger partial charge in [0.1, 0.15) is 0 Å². The van der Waals surface area contributed by atoms with Crippen LogP contribution in [-0.2, 0) is 6.54 Å². The van der Waals surface area contributed by atoms with E-state index in [1.165, 1.54) is 61.6 Å². The van der Waals surface area contributed by atoms with Crippen LogP contribution in [0.4, 0.5) is 0 Å². The average molecular weight is 337 g/mol. The van der Waals surface area contributed by atoms with Crippen molar-refractivity contribution in [2.24, 2.45) is 0 Å². The number of hydrogen-bond acceptors (Lipinski definition) is 2. The van der Waals surface area contributed by atoms with Gasteiger partial charge in [0, 0.05) is 18.8 Å². The van der Waals surface area contributed by atoms with Gasteiger partial charge in [-0.3, -0.25) is 4.98 Å². The van der Waals surface area contributed by atoms with Crippen molar-refractivity contribution in [2.75, 3.05) is 0 Å². The van der Waals surface area contributed by atoms with E-state index < -0.39 is 0 Å². The van der Waals surface area contributed by atoms with Crippen LogP contribution >= 0.6 is 0 Å². The minimum Gasteiger partial charge on any atom is -0.308 e. The zero-order valence-corrected chi connectivity index (χ0v) is 15.8. The second kappa shape index (κ2) is 9.15. The van der Waals surface area contributed by atoms with Crippen LogP contribution in [0.25, 0.3) is 11.1 Å². The van der Waals surface area contributed by atoms with Crippen molar-refractivity contribution in [3.05, 3.63) is 53.9 Å². The first kappa shape index (κ1) is 18.1. The molecular weight excluding hydrogens is 304 g/mol. The lowest BCUT2D eigenvalue weighted by molar-refractivity contribution is 0.387. The molecule has 0 aliphatic heterocycles. The summed E-state index contributed by atoms with van der Waals surface area (Å²) in [6.07, 6.45) is 11.5. The molecule has 1 aromatic carbocycles. The molecule has 0 unspecified atom stereocenters. The number of rotatable bonds is 5. The molecule has 1 fully saturated rings. The van der Waals surface area contributed by atoms with E-state index in [2.05, 4.69) is 60.5 Å². The molecule has 2 heteroatoms. The van der Waals surface area contributed by atoms with Crippen molar-refractivity contribution in [1.82, 2.24) is 10.3 Å². The fraction of sp³-hybridized carbons (Fsp3) is 0.522. The lowest BCUT2D eigenvalue weighted by Crippen LogP contribution is -2.29. The quantitative estimate of drug-likeness (QED) is 0.716. The molecule has 3 rings (SSSR count). The normalized spacial score (nSPS) is 16.6. The monoisotopic (exact) mass is 336 g/mol. The van der Waals surface area contributed by atoms with Gasteiger partial charge in [0.05, 0.1) is 5.69 Å². The van der Waals surface area contributed by atoms with Crippen molar-refractivity contribution < 1.29 is 0 Å². The molecule has 0 amide bonds. The van der Waals surface area contributed by atoms with Gasteiger partial charge in [-0.15, -0.1) is 0 Å². The molecule has 1 aliphatic rings. The highest BCUT2D eigenvalue weighted by Crippen LogP contribution is 2.23. The number of benzene rings is 1. The highest BCUT2D eigenvalue weighted by Gasteiger charge is 2.11. The van der Waals surface area contributed by atoms with Gasteiger partial charge in [-0.2, -0.15) is 0 Å². The highest BCUT2D eigenvalue weighted by atomic mass is 14.9. The minimum absolute atomic E-state index is 0.579. The summed E-state index contributed by atoms with van der Waals surface area (Å²) in [7, 11) is 0. The van der Waals surface area contributed by atoms with Crippen LogP contribution in [0.5, 0.6) is 0 Å². The molecule has 0 saturated heterocycles. The van der Waals surface area contributed by atoms with E-state index in [4.69, 9.17) is 0 Å². The van der Waals surface area contributed by atoms with Gasteiger partial charge in [-0.1, -0.05) is 70.2 Å². The molecule has 0 atom stereocenters. The van der Waals surface area contributed by atoms with Crippen molar-refractivity contribution in [3.8, 4) is 11.1 Å². The molecule has 1 aliphatic carbocycles. The van der Waals surface area contributed by atoms with Crippen molar-refractivity contribution in [3.63, 3.8) is 0 Å². The average Bonchev–Trinajstić information content (AvgIpc) is 2.61. The van der Waals surface area contributed by atoms with Crippen LogP contribution in [0.3, 0.4) is 0 Å². The lowest BCUT2D eigenvalue weighted by Gasteiger charge is -2.21. The molecule has 1 aromatic heterocycles. The Bertz CT molecular complexity index is 637. The third-order valence-electron chi connectivity index (χ3n) is 5.40. The number of aromatic nitrogens is 1. The Morgan fingerprint density at radius 1 is 0.920 bits per heavy atom. The topological polar surface area (TPSA) is 24.9 Å². The smallest absolute Gasteiger partial charge is 0.0547 e. The minimum atomic E-state index is 0.579. The van der Waals surface area contributed by atoms with Gasteiger partial charge >= 0.3 is 0 Å². The van der Waals surface area contributed by atoms with Crippen LogP contribution in [0.15, 0.2) is 42.6 Å². The first-order valence-electron chi connectivity index (χ1n) is 10.0. The van der Waals surface area contributed by atoms with Crippen LogP contribution in [-0.4, -0.2) is 11.0 Å². The predicted octanol–water partition coefficient (Wildman–Crippen LogP) is 6.07. The summed E-state index contributed by atoms with van der Waals surface area (Å²) in [4.78, 5) is 4.57. The number of pyridine rings is 1. The number of nitrogens with one attached hydrogen (secondary N) is 1. The standard InChI is InChI=1S/C23H32N2/c1-18(2)19-10-12-20(13-11-19)21-14-15-24-23(16-21)17-25-22-8-6-4-3-5-7-9-22/h10-16,18,22,25H,3-9,17H2,1-2H3. The molecule has 0 bridgehead atoms. The first-order chi connectivity index (χ1) is 12.2. The Balaban J connectivity index is 1.62. The highest BCUT2D eigenvalue weighted by molar-refractivity contribution is 5.63. The summed E-state index contributed by atoms with van der Waals surface area (Å²) in [5, 5.41) is 3.75. The number of nitrogens with zero attached hydrogens (tertiary/aromatic N) is 1.